The molecule has 0 fully saturated rings. The van der Waals surface area contributed by atoms with Gasteiger partial charge in [-0.25, -0.2) is 0 Å². The number of hydrogen-bond donors (Lipinski definition) is 0. The number of anilines is 1. The van der Waals surface area contributed by atoms with Gasteiger partial charge in [-0.3, -0.25) is 10.1 Å². The Labute approximate surface area is 163 Å². The van der Waals surface area contributed by atoms with Crippen molar-refractivity contribution in [2.75, 3.05) is 26.2 Å². The molecule has 0 N–H and O–H groups in total. The number of benzene rings is 2. The molecule has 1 atom stereocenters. The molecule has 0 unspecified atom stereocenters. The lowest BCUT2D eigenvalue weighted by Gasteiger charge is -2.45. The minimum Gasteiger partial charge on any atom is -0.497 e. The number of rotatable bonds is 3. The first-order valence-corrected chi connectivity index (χ1v) is 8.92. The Morgan fingerprint density at radius 1 is 1.14 bits per heavy atom. The SMILES string of the molecule is COc1ccc2c(c1)C(C)(C)[C@@]1(C=Cc3cc([N+](=O)[O-])cc(OC)c3O1)N2C. The monoisotopic (exact) mass is 382 g/mol. The van der Waals surface area contributed by atoms with E-state index < -0.39 is 16.1 Å². The Bertz CT molecular complexity index is 1010. The molecule has 1 spiro atoms. The topological polar surface area (TPSA) is 74.1 Å². The molecule has 2 aromatic carbocycles. The highest BCUT2D eigenvalue weighted by molar-refractivity contribution is 5.75. The molecule has 2 heterocycles. The minimum absolute atomic E-state index is 0.0353. The first-order valence-electron chi connectivity index (χ1n) is 8.92. The molecule has 0 aliphatic carbocycles. The van der Waals surface area contributed by atoms with Gasteiger partial charge < -0.3 is 19.1 Å². The zero-order valence-corrected chi connectivity index (χ0v) is 16.5. The maximum atomic E-state index is 11.2. The number of likely N-dealkylation sites (N-methyl/N-ethyl adjacent to an activating group) is 1. The second kappa shape index (κ2) is 5.89. The van der Waals surface area contributed by atoms with Crippen molar-refractivity contribution in [3.8, 4) is 17.2 Å². The molecule has 0 saturated carbocycles. The van der Waals surface area contributed by atoms with E-state index in [4.69, 9.17) is 14.2 Å². The van der Waals surface area contributed by atoms with Crippen LogP contribution < -0.4 is 19.1 Å². The van der Waals surface area contributed by atoms with Gasteiger partial charge in [0.2, 0.25) is 5.72 Å². The summed E-state index contributed by atoms with van der Waals surface area (Å²) in [6.07, 6.45) is 3.83. The zero-order chi connectivity index (χ0) is 20.3. The summed E-state index contributed by atoms with van der Waals surface area (Å²) in [5.74, 6) is 1.62. The van der Waals surface area contributed by atoms with Crippen LogP contribution in [0, 0.1) is 10.1 Å². The van der Waals surface area contributed by atoms with Crippen LogP contribution in [0.3, 0.4) is 0 Å². The summed E-state index contributed by atoms with van der Waals surface area (Å²) in [6, 6.07) is 8.86. The first-order chi connectivity index (χ1) is 13.2. The van der Waals surface area contributed by atoms with E-state index in [1.165, 1.54) is 19.2 Å². The van der Waals surface area contributed by atoms with E-state index in [-0.39, 0.29) is 5.69 Å². The number of fused-ring (bicyclic) bond motifs is 2. The predicted molar refractivity (Wildman–Crippen MR) is 106 cm³/mol. The smallest absolute Gasteiger partial charge is 0.274 e. The van der Waals surface area contributed by atoms with Crippen LogP contribution in [0.2, 0.25) is 0 Å². The van der Waals surface area contributed by atoms with Crippen molar-refractivity contribution in [1.29, 1.82) is 0 Å². The second-order valence-electron chi connectivity index (χ2n) is 7.52. The summed E-state index contributed by atoms with van der Waals surface area (Å²) >= 11 is 0. The minimum atomic E-state index is -0.807. The fraction of sp³-hybridized carbons (Fsp3) is 0.333. The number of nitro benzene ring substituents is 1. The lowest BCUT2D eigenvalue weighted by atomic mass is 9.76. The number of non-ortho nitro benzene ring substituents is 1. The van der Waals surface area contributed by atoms with Crippen molar-refractivity contribution in [1.82, 2.24) is 0 Å². The molecular weight excluding hydrogens is 360 g/mol. The molecule has 2 aromatic rings. The molecule has 0 saturated heterocycles. The van der Waals surface area contributed by atoms with E-state index in [0.29, 0.717) is 17.1 Å². The largest absolute Gasteiger partial charge is 0.497 e. The Balaban J connectivity index is 1.88. The highest BCUT2D eigenvalue weighted by Gasteiger charge is 2.58. The molecule has 0 radical (unpaired) electrons. The quantitative estimate of drug-likeness (QED) is 0.587. The third-order valence-electron chi connectivity index (χ3n) is 5.88. The molecule has 4 rings (SSSR count). The van der Waals surface area contributed by atoms with Crippen LogP contribution in [0.1, 0.15) is 25.0 Å². The second-order valence-corrected chi connectivity index (χ2v) is 7.52. The predicted octanol–water partition coefficient (Wildman–Crippen LogP) is 4.14. The van der Waals surface area contributed by atoms with Crippen LogP contribution in [0.5, 0.6) is 17.2 Å². The fourth-order valence-electron chi connectivity index (χ4n) is 4.23. The number of nitrogens with zero attached hydrogens (tertiary/aromatic N) is 2. The number of ether oxygens (including phenoxy) is 3. The van der Waals surface area contributed by atoms with Crippen LogP contribution >= 0.6 is 0 Å². The Morgan fingerprint density at radius 3 is 2.54 bits per heavy atom. The van der Waals surface area contributed by atoms with Gasteiger partial charge in [-0.05, 0) is 49.8 Å². The summed E-state index contributed by atoms with van der Waals surface area (Å²) in [6.45, 7) is 4.23. The van der Waals surface area contributed by atoms with Gasteiger partial charge in [0.15, 0.2) is 11.5 Å². The molecule has 0 bridgehead atoms. The van der Waals surface area contributed by atoms with Crippen LogP contribution in [0.4, 0.5) is 11.4 Å². The molecule has 28 heavy (non-hydrogen) atoms. The Morgan fingerprint density at radius 2 is 1.89 bits per heavy atom. The van der Waals surface area contributed by atoms with Crippen LogP contribution in [-0.2, 0) is 5.41 Å². The van der Waals surface area contributed by atoms with Gasteiger partial charge in [0, 0.05) is 24.4 Å². The summed E-state index contributed by atoms with van der Waals surface area (Å²) in [4.78, 5) is 12.9. The lowest BCUT2D eigenvalue weighted by Crippen LogP contribution is -2.58. The van der Waals surface area contributed by atoms with E-state index in [1.807, 2.05) is 37.4 Å². The van der Waals surface area contributed by atoms with E-state index >= 15 is 0 Å². The number of hydrogen-bond acceptors (Lipinski definition) is 6. The summed E-state index contributed by atoms with van der Waals surface area (Å²) in [5, 5.41) is 11.2. The normalized spacial score (nSPS) is 21.1. The number of nitro groups is 1. The third kappa shape index (κ3) is 2.22. The molecule has 2 aliphatic rings. The summed E-state index contributed by atoms with van der Waals surface area (Å²) in [5.41, 5.74) is 1.49. The molecule has 146 valence electrons. The molecule has 7 nitrogen and oxygen atoms in total. The van der Waals surface area contributed by atoms with E-state index in [1.54, 1.807) is 7.11 Å². The van der Waals surface area contributed by atoms with Gasteiger partial charge in [0.05, 0.1) is 30.6 Å². The first kappa shape index (κ1) is 18.2. The molecule has 2 aliphatic heterocycles. The van der Waals surface area contributed by atoms with Crippen LogP contribution in [0.15, 0.2) is 36.4 Å². The van der Waals surface area contributed by atoms with Gasteiger partial charge >= 0.3 is 0 Å². The van der Waals surface area contributed by atoms with Crippen molar-refractivity contribution in [2.24, 2.45) is 0 Å². The standard InChI is InChI=1S/C21H22N2O5/c1-20(2)16-12-15(26-4)6-7-17(16)22(3)21(20)9-8-13-10-14(23(24)25)11-18(27-5)19(13)28-21/h6-12H,1-5H3/t21-/m0/s1. The van der Waals surface area contributed by atoms with Crippen molar-refractivity contribution < 1.29 is 19.1 Å². The van der Waals surface area contributed by atoms with E-state index in [2.05, 4.69) is 18.7 Å². The molecular formula is C21H22N2O5. The van der Waals surface area contributed by atoms with Gasteiger partial charge in [0.25, 0.3) is 5.69 Å². The molecule has 7 heteroatoms. The van der Waals surface area contributed by atoms with Crippen molar-refractivity contribution in [3.63, 3.8) is 0 Å². The lowest BCUT2D eigenvalue weighted by molar-refractivity contribution is -0.385. The highest BCUT2D eigenvalue weighted by atomic mass is 16.6. The summed E-state index contributed by atoms with van der Waals surface area (Å²) in [7, 11) is 5.11. The summed E-state index contributed by atoms with van der Waals surface area (Å²) < 4.78 is 17.4. The van der Waals surface area contributed by atoms with E-state index in [9.17, 15) is 10.1 Å². The van der Waals surface area contributed by atoms with Gasteiger partial charge in [-0.2, -0.15) is 0 Å². The van der Waals surface area contributed by atoms with Gasteiger partial charge in [-0.1, -0.05) is 0 Å². The van der Waals surface area contributed by atoms with Crippen LogP contribution in [0.25, 0.3) is 6.08 Å². The highest BCUT2D eigenvalue weighted by Crippen LogP contribution is 2.56. The zero-order valence-electron chi connectivity index (χ0n) is 16.5. The Kier molecular flexibility index (Phi) is 3.82. The maximum absolute atomic E-state index is 11.2. The fourth-order valence-corrected chi connectivity index (χ4v) is 4.23. The average molecular weight is 382 g/mol. The molecule has 0 aromatic heterocycles. The van der Waals surface area contributed by atoms with Crippen LogP contribution in [-0.4, -0.2) is 31.9 Å². The van der Waals surface area contributed by atoms with Crippen molar-refractivity contribution >= 4 is 17.5 Å². The molecule has 0 amide bonds. The van der Waals surface area contributed by atoms with Gasteiger partial charge in [0.1, 0.15) is 5.75 Å². The van der Waals surface area contributed by atoms with Crippen molar-refractivity contribution in [3.05, 3.63) is 57.6 Å². The number of methoxy groups -OCH3 is 2. The maximum Gasteiger partial charge on any atom is 0.274 e. The third-order valence-corrected chi connectivity index (χ3v) is 5.88. The van der Waals surface area contributed by atoms with Gasteiger partial charge in [-0.15, -0.1) is 0 Å². The Hall–Kier alpha value is -3.22. The van der Waals surface area contributed by atoms with Crippen molar-refractivity contribution in [2.45, 2.75) is 25.0 Å². The van der Waals surface area contributed by atoms with E-state index in [0.717, 1.165) is 17.0 Å². The average Bonchev–Trinajstić information content (AvgIpc) is 2.85.